The van der Waals surface area contributed by atoms with Gasteiger partial charge >= 0.3 is 5.63 Å². The first kappa shape index (κ1) is 13.6. The van der Waals surface area contributed by atoms with Crippen LogP contribution in [0.15, 0.2) is 51.7 Å². The number of nitrogens with one attached hydrogen (secondary N) is 1. The van der Waals surface area contributed by atoms with Crippen molar-refractivity contribution in [2.24, 2.45) is 0 Å². The lowest BCUT2D eigenvalue weighted by molar-refractivity contribution is 0.415. The van der Waals surface area contributed by atoms with Crippen LogP contribution < -0.4 is 10.4 Å². The lowest BCUT2D eigenvalue weighted by Gasteiger charge is -2.02. The number of aryl methyl sites for hydroxylation is 1. The molecule has 0 aliphatic carbocycles. The van der Waals surface area contributed by atoms with Crippen LogP contribution in [0.5, 0.6) is 5.75 Å². The summed E-state index contributed by atoms with van der Waals surface area (Å²) in [4.78, 5) is 19.9. The average molecular weight is 306 g/mol. The minimum absolute atomic E-state index is 0.402. The van der Waals surface area contributed by atoms with E-state index in [0.717, 1.165) is 22.0 Å². The zero-order valence-corrected chi connectivity index (χ0v) is 12.7. The van der Waals surface area contributed by atoms with E-state index in [9.17, 15) is 4.79 Å². The van der Waals surface area contributed by atoms with Crippen LogP contribution in [0.3, 0.4) is 0 Å². The molecule has 0 saturated heterocycles. The quantitative estimate of drug-likeness (QED) is 0.574. The molecule has 5 nitrogen and oxygen atoms in total. The molecule has 5 heteroatoms. The summed E-state index contributed by atoms with van der Waals surface area (Å²) in [6, 6.07) is 13.0. The summed E-state index contributed by atoms with van der Waals surface area (Å²) in [6.45, 7) is 2.01. The number of fused-ring (bicyclic) bond motifs is 2. The highest BCUT2D eigenvalue weighted by Crippen LogP contribution is 2.24. The van der Waals surface area contributed by atoms with Gasteiger partial charge in [0.15, 0.2) is 0 Å². The minimum atomic E-state index is -0.418. The fourth-order valence-electron chi connectivity index (χ4n) is 2.64. The van der Waals surface area contributed by atoms with Gasteiger partial charge in [0.05, 0.1) is 18.1 Å². The first-order chi connectivity index (χ1) is 11.1. The smallest absolute Gasteiger partial charge is 0.347 e. The molecule has 0 atom stereocenters. The molecule has 0 aliphatic rings. The Kier molecular flexibility index (Phi) is 2.94. The van der Waals surface area contributed by atoms with Crippen LogP contribution in [-0.2, 0) is 0 Å². The Hall–Kier alpha value is -3.08. The van der Waals surface area contributed by atoms with Crippen LogP contribution in [0.25, 0.3) is 33.4 Å². The Morgan fingerprint density at radius 2 is 2.00 bits per heavy atom. The molecule has 4 aromatic rings. The molecule has 0 fully saturated rings. The molecular formula is C18H14N2O3. The van der Waals surface area contributed by atoms with Gasteiger partial charge in [-0.3, -0.25) is 0 Å². The van der Waals surface area contributed by atoms with E-state index in [-0.39, 0.29) is 0 Å². The number of H-pyrrole nitrogens is 1. The number of methoxy groups -OCH3 is 1. The molecule has 1 N–H and O–H groups in total. The van der Waals surface area contributed by atoms with E-state index >= 15 is 0 Å². The topological polar surface area (TPSA) is 68.1 Å². The van der Waals surface area contributed by atoms with E-state index < -0.39 is 5.63 Å². The van der Waals surface area contributed by atoms with E-state index in [1.807, 2.05) is 31.2 Å². The third-order valence-electron chi connectivity index (χ3n) is 3.83. The summed E-state index contributed by atoms with van der Waals surface area (Å²) in [7, 11) is 1.60. The molecular weight excluding hydrogens is 292 g/mol. The van der Waals surface area contributed by atoms with Gasteiger partial charge in [-0.25, -0.2) is 9.78 Å². The van der Waals surface area contributed by atoms with E-state index in [1.165, 1.54) is 0 Å². The lowest BCUT2D eigenvalue weighted by Crippen LogP contribution is -2.03. The number of nitrogens with zero attached hydrogens (tertiary/aromatic N) is 1. The van der Waals surface area contributed by atoms with Gasteiger partial charge in [0.25, 0.3) is 0 Å². The first-order valence-corrected chi connectivity index (χ1v) is 7.23. The number of ether oxygens (including phenoxy) is 1. The highest BCUT2D eigenvalue weighted by atomic mass is 16.5. The second-order valence-corrected chi connectivity index (χ2v) is 5.46. The van der Waals surface area contributed by atoms with E-state index in [4.69, 9.17) is 9.15 Å². The van der Waals surface area contributed by atoms with Crippen molar-refractivity contribution in [3.8, 4) is 17.1 Å². The Labute approximate surface area is 131 Å². The molecule has 2 aromatic heterocycles. The summed E-state index contributed by atoms with van der Waals surface area (Å²) in [5.41, 5.74) is 3.34. The van der Waals surface area contributed by atoms with Crippen LogP contribution in [0.1, 0.15) is 5.56 Å². The molecule has 23 heavy (non-hydrogen) atoms. The van der Waals surface area contributed by atoms with Crippen molar-refractivity contribution < 1.29 is 9.15 Å². The maximum absolute atomic E-state index is 12.3. The summed E-state index contributed by atoms with van der Waals surface area (Å²) in [6.07, 6.45) is 0. The van der Waals surface area contributed by atoms with Crippen molar-refractivity contribution in [3.63, 3.8) is 0 Å². The molecule has 2 heterocycles. The molecule has 114 valence electrons. The van der Waals surface area contributed by atoms with Crippen LogP contribution in [0.2, 0.25) is 0 Å². The number of benzene rings is 2. The Balaban J connectivity index is 1.95. The minimum Gasteiger partial charge on any atom is -0.497 e. The summed E-state index contributed by atoms with van der Waals surface area (Å²) in [5.74, 6) is 1.21. The van der Waals surface area contributed by atoms with Gasteiger partial charge < -0.3 is 14.1 Å². The van der Waals surface area contributed by atoms with Gasteiger partial charge in [0.2, 0.25) is 0 Å². The predicted octanol–water partition coefficient (Wildman–Crippen LogP) is 3.65. The van der Waals surface area contributed by atoms with Crippen molar-refractivity contribution in [1.29, 1.82) is 0 Å². The Morgan fingerprint density at radius 3 is 2.83 bits per heavy atom. The van der Waals surface area contributed by atoms with Crippen LogP contribution in [0, 0.1) is 6.92 Å². The number of hydrogen-bond acceptors (Lipinski definition) is 4. The third-order valence-corrected chi connectivity index (χ3v) is 3.83. The predicted molar refractivity (Wildman–Crippen MR) is 88.9 cm³/mol. The maximum atomic E-state index is 12.3. The Morgan fingerprint density at radius 1 is 1.13 bits per heavy atom. The van der Waals surface area contributed by atoms with Gasteiger partial charge in [-0.15, -0.1) is 0 Å². The summed E-state index contributed by atoms with van der Waals surface area (Å²) in [5, 5.41) is 0.788. The number of hydrogen-bond donors (Lipinski definition) is 1. The monoisotopic (exact) mass is 306 g/mol. The molecule has 0 saturated carbocycles. The van der Waals surface area contributed by atoms with Crippen LogP contribution >= 0.6 is 0 Å². The Bertz CT molecular complexity index is 1090. The number of rotatable bonds is 2. The second kappa shape index (κ2) is 4.98. The fourth-order valence-corrected chi connectivity index (χ4v) is 2.64. The third kappa shape index (κ3) is 2.26. The van der Waals surface area contributed by atoms with Gasteiger partial charge in [0, 0.05) is 5.39 Å². The maximum Gasteiger partial charge on any atom is 0.347 e. The van der Waals surface area contributed by atoms with Gasteiger partial charge in [-0.05, 0) is 48.9 Å². The zero-order valence-electron chi connectivity index (χ0n) is 12.7. The molecule has 0 amide bonds. The van der Waals surface area contributed by atoms with E-state index in [2.05, 4.69) is 9.97 Å². The highest BCUT2D eigenvalue weighted by Gasteiger charge is 2.12. The van der Waals surface area contributed by atoms with Crippen molar-refractivity contribution in [2.75, 3.05) is 7.11 Å². The SMILES string of the molecule is COc1ccc2oc(=O)c(-c3nc4ccc(C)cc4[nH]3)cc2c1. The van der Waals surface area contributed by atoms with Crippen molar-refractivity contribution in [2.45, 2.75) is 6.92 Å². The highest BCUT2D eigenvalue weighted by molar-refractivity contribution is 5.84. The van der Waals surface area contributed by atoms with Gasteiger partial charge in [-0.1, -0.05) is 6.07 Å². The van der Waals surface area contributed by atoms with Crippen molar-refractivity contribution in [1.82, 2.24) is 9.97 Å². The standard InChI is InChI=1S/C18H14N2O3/c1-10-3-5-14-15(7-10)20-17(19-14)13-9-11-8-12(22-2)4-6-16(11)23-18(13)21/h3-9H,1-2H3,(H,19,20). The molecule has 0 unspecified atom stereocenters. The van der Waals surface area contributed by atoms with Crippen molar-refractivity contribution >= 4 is 22.0 Å². The van der Waals surface area contributed by atoms with Crippen molar-refractivity contribution in [3.05, 3.63) is 58.4 Å². The van der Waals surface area contributed by atoms with Crippen LogP contribution in [0.4, 0.5) is 0 Å². The number of aromatic amines is 1. The number of aromatic nitrogens is 2. The molecule has 0 spiro atoms. The molecule has 0 aliphatic heterocycles. The molecule has 0 bridgehead atoms. The number of imidazole rings is 1. The fraction of sp³-hybridized carbons (Fsp3) is 0.111. The van der Waals surface area contributed by atoms with Gasteiger partial charge in [0.1, 0.15) is 22.7 Å². The second-order valence-electron chi connectivity index (χ2n) is 5.46. The molecule has 4 rings (SSSR count). The largest absolute Gasteiger partial charge is 0.497 e. The van der Waals surface area contributed by atoms with E-state index in [1.54, 1.807) is 25.3 Å². The lowest BCUT2D eigenvalue weighted by atomic mass is 10.1. The normalized spacial score (nSPS) is 11.2. The van der Waals surface area contributed by atoms with E-state index in [0.29, 0.717) is 22.7 Å². The molecule has 0 radical (unpaired) electrons. The first-order valence-electron chi connectivity index (χ1n) is 7.23. The molecule has 2 aromatic carbocycles. The average Bonchev–Trinajstić information content (AvgIpc) is 2.96. The van der Waals surface area contributed by atoms with Gasteiger partial charge in [-0.2, -0.15) is 0 Å². The zero-order chi connectivity index (χ0) is 16.0. The van der Waals surface area contributed by atoms with Crippen LogP contribution in [-0.4, -0.2) is 17.1 Å². The summed E-state index contributed by atoms with van der Waals surface area (Å²) >= 11 is 0. The summed E-state index contributed by atoms with van der Waals surface area (Å²) < 4.78 is 10.6.